The number of anilines is 9. The van der Waals surface area contributed by atoms with E-state index in [0.717, 1.165) is 84.1 Å². The molecule has 0 amide bonds. The lowest BCUT2D eigenvalue weighted by molar-refractivity contribution is 0.590. The van der Waals surface area contributed by atoms with E-state index in [2.05, 4.69) is 298 Å². The van der Waals surface area contributed by atoms with Crippen LogP contribution in [-0.4, -0.2) is 6.71 Å². The van der Waals surface area contributed by atoms with Gasteiger partial charge in [0.1, 0.15) is 0 Å². The molecule has 416 valence electrons. The summed E-state index contributed by atoms with van der Waals surface area (Å²) in [4.78, 5) is 6.79. The average molecular weight is 1110 g/mol. The first kappa shape index (κ1) is 48.3. The zero-order chi connectivity index (χ0) is 63.1. The van der Waals surface area contributed by atoms with E-state index in [1.54, 1.807) is 0 Å². The molecule has 11 aromatic carbocycles. The predicted molar refractivity (Wildman–Crippen MR) is 365 cm³/mol. The average Bonchev–Trinajstić information content (AvgIpc) is 0.799. The molecule has 0 saturated carbocycles. The van der Waals surface area contributed by atoms with Crippen molar-refractivity contribution in [1.82, 2.24) is 0 Å². The lowest BCUT2D eigenvalue weighted by Gasteiger charge is -2.45. The monoisotopic (exact) mass is 1100 g/mol. The lowest BCUT2D eigenvalue weighted by atomic mass is 9.33. The fraction of sp³-hybridized carbons (Fsp3) is 0.185. The van der Waals surface area contributed by atoms with E-state index < -0.39 is 11.5 Å². The van der Waals surface area contributed by atoms with Crippen molar-refractivity contribution >= 4 is 74.3 Å². The molecule has 0 radical (unpaired) electrons. The van der Waals surface area contributed by atoms with Crippen molar-refractivity contribution in [2.45, 2.75) is 97.8 Å². The van der Waals surface area contributed by atoms with Crippen molar-refractivity contribution < 1.29 is 6.85 Å². The van der Waals surface area contributed by atoms with Crippen LogP contribution in [0.5, 0.6) is 0 Å². The van der Waals surface area contributed by atoms with Crippen LogP contribution in [0.1, 0.15) is 111 Å². The van der Waals surface area contributed by atoms with Gasteiger partial charge < -0.3 is 14.7 Å². The molecule has 4 heteroatoms. The third kappa shape index (κ3) is 9.12. The molecular formula is C81H74BN3. The molecule has 0 unspecified atom stereocenters. The largest absolute Gasteiger partial charge is 0.311 e. The highest BCUT2D eigenvalue weighted by atomic mass is 15.2. The molecule has 85 heavy (non-hydrogen) atoms. The minimum absolute atomic E-state index is 0.0424. The van der Waals surface area contributed by atoms with Gasteiger partial charge in [0.05, 0.1) is 6.85 Å². The second-order valence-corrected chi connectivity index (χ2v) is 27.1. The molecule has 3 nitrogen and oxygen atoms in total. The molecule has 1 aliphatic carbocycles. The van der Waals surface area contributed by atoms with Gasteiger partial charge in [-0.05, 0) is 184 Å². The molecule has 0 fully saturated rings. The highest BCUT2D eigenvalue weighted by molar-refractivity contribution is 7.00. The third-order valence-corrected chi connectivity index (χ3v) is 18.2. The Hall–Kier alpha value is -9.12. The molecule has 11 aromatic rings. The molecule has 0 spiro atoms. The Morgan fingerprint density at radius 3 is 1.51 bits per heavy atom. The topological polar surface area (TPSA) is 9.72 Å². The zero-order valence-corrected chi connectivity index (χ0v) is 50.7. The highest BCUT2D eigenvalue weighted by Crippen LogP contribution is 2.56. The predicted octanol–water partition coefficient (Wildman–Crippen LogP) is 20.4. The molecule has 14 rings (SSSR count). The molecule has 2 aliphatic heterocycles. The van der Waals surface area contributed by atoms with E-state index in [1.807, 2.05) is 11.0 Å². The Bertz CT molecular complexity index is 4590. The second kappa shape index (κ2) is 20.0. The van der Waals surface area contributed by atoms with Gasteiger partial charge in [0, 0.05) is 56.6 Å². The summed E-state index contributed by atoms with van der Waals surface area (Å²) < 4.78 is 46.4. The number of nitrogens with zero attached hydrogens (tertiary/aromatic N) is 3. The van der Waals surface area contributed by atoms with Gasteiger partial charge in [0.25, 0.3) is 6.71 Å². The van der Waals surface area contributed by atoms with E-state index in [0.29, 0.717) is 0 Å². The number of hydrogen-bond acceptors (Lipinski definition) is 3. The number of hydrogen-bond donors (Lipinski definition) is 0. The molecule has 3 aliphatic rings. The van der Waals surface area contributed by atoms with Crippen molar-refractivity contribution in [3.05, 3.63) is 276 Å². The van der Waals surface area contributed by atoms with E-state index in [4.69, 9.17) is 4.11 Å². The van der Waals surface area contributed by atoms with Crippen LogP contribution in [0.4, 0.5) is 51.2 Å². The first-order chi connectivity index (χ1) is 42.9. The Kier molecular flexibility index (Phi) is 11.4. The minimum Gasteiger partial charge on any atom is -0.311 e. The lowest BCUT2D eigenvalue weighted by Crippen LogP contribution is -2.61. The van der Waals surface area contributed by atoms with Crippen LogP contribution in [0.3, 0.4) is 0 Å². The zero-order valence-electron chi connectivity index (χ0n) is 55.7. The normalized spacial score (nSPS) is 14.7. The highest BCUT2D eigenvalue weighted by Gasteiger charge is 2.45. The van der Waals surface area contributed by atoms with Gasteiger partial charge in [-0.15, -0.1) is 0 Å². The van der Waals surface area contributed by atoms with E-state index in [-0.39, 0.29) is 52.8 Å². The summed E-state index contributed by atoms with van der Waals surface area (Å²) in [6, 6.07) is 78.2. The maximum absolute atomic E-state index is 9.68. The van der Waals surface area contributed by atoms with Gasteiger partial charge in [0.2, 0.25) is 0 Å². The maximum atomic E-state index is 9.68. The van der Waals surface area contributed by atoms with Gasteiger partial charge in [-0.2, -0.15) is 0 Å². The van der Waals surface area contributed by atoms with E-state index >= 15 is 0 Å². The van der Waals surface area contributed by atoms with Crippen molar-refractivity contribution in [3.63, 3.8) is 0 Å². The van der Waals surface area contributed by atoms with Gasteiger partial charge >= 0.3 is 0 Å². The van der Waals surface area contributed by atoms with Crippen LogP contribution in [-0.2, 0) is 21.7 Å². The van der Waals surface area contributed by atoms with Crippen molar-refractivity contribution in [3.8, 4) is 44.5 Å². The van der Waals surface area contributed by atoms with Crippen molar-refractivity contribution in [1.29, 1.82) is 0 Å². The smallest absolute Gasteiger partial charge is 0.252 e. The Labute approximate surface area is 512 Å². The van der Waals surface area contributed by atoms with Gasteiger partial charge in [-0.1, -0.05) is 246 Å². The molecule has 0 aromatic heterocycles. The number of fused-ring (bicyclic) bond motifs is 7. The summed E-state index contributed by atoms with van der Waals surface area (Å²) in [5.74, 6) is 0. The van der Waals surface area contributed by atoms with Gasteiger partial charge in [0.15, 0.2) is 0 Å². The summed E-state index contributed by atoms with van der Waals surface area (Å²) in [5, 5.41) is 0. The Morgan fingerprint density at radius 2 is 0.906 bits per heavy atom. The van der Waals surface area contributed by atoms with Gasteiger partial charge in [-0.3, -0.25) is 0 Å². The molecule has 0 saturated heterocycles. The van der Waals surface area contributed by atoms with E-state index in [9.17, 15) is 2.74 Å². The standard InChI is InChI=1S/C81H74BN3/c1-78(2,3)57-34-40-61(41-35-57)83(62-42-36-58(37-43-62)79(4,5)6)64-44-47-69-72(52-64)85(63-38-31-55(32-39-63)65-45-46-66(54-25-17-13-18-26-54)76-75(65)67-29-21-22-30-68(67)81(76,10)11)74-51-59(80(7,8)9)50-73-77(74)82(69)70-49-56(53-23-15-12-16-24-53)33-48-71(70)84(73)60-27-19-14-20-28-60/h12-52H,1-11H3/i14D,19D,20D,27D,28D. The molecule has 0 N–H and O–H groups in total. The molecule has 2 heterocycles. The van der Waals surface area contributed by atoms with Crippen LogP contribution in [0, 0.1) is 0 Å². The second-order valence-electron chi connectivity index (χ2n) is 27.1. The number of para-hydroxylation sites is 1. The van der Waals surface area contributed by atoms with Crippen molar-refractivity contribution in [2.24, 2.45) is 0 Å². The summed E-state index contributed by atoms with van der Waals surface area (Å²) in [6.45, 7) is 24.6. The number of rotatable bonds is 8. The Balaban J connectivity index is 1.05. The van der Waals surface area contributed by atoms with Crippen LogP contribution < -0.4 is 31.1 Å². The minimum atomic E-state index is -0.428. The summed E-state index contributed by atoms with van der Waals surface area (Å²) >= 11 is 0. The van der Waals surface area contributed by atoms with Crippen LogP contribution in [0.15, 0.2) is 249 Å². The molecular weight excluding hydrogens is 1030 g/mol. The van der Waals surface area contributed by atoms with Crippen molar-refractivity contribution in [2.75, 3.05) is 14.7 Å². The summed E-state index contributed by atoms with van der Waals surface area (Å²) in [7, 11) is 0. The fourth-order valence-corrected chi connectivity index (χ4v) is 13.7. The first-order valence-corrected chi connectivity index (χ1v) is 30.0. The van der Waals surface area contributed by atoms with Crippen LogP contribution in [0.25, 0.3) is 44.5 Å². The summed E-state index contributed by atoms with van der Waals surface area (Å²) in [5.41, 5.74) is 25.4. The Morgan fingerprint density at radius 1 is 0.388 bits per heavy atom. The maximum Gasteiger partial charge on any atom is 0.252 e. The van der Waals surface area contributed by atoms with Crippen LogP contribution in [0.2, 0.25) is 0 Å². The first-order valence-electron chi connectivity index (χ1n) is 32.5. The third-order valence-electron chi connectivity index (χ3n) is 18.2. The summed E-state index contributed by atoms with van der Waals surface area (Å²) in [6.07, 6.45) is 0. The fourth-order valence-electron chi connectivity index (χ4n) is 13.7. The molecule has 0 atom stereocenters. The SMILES string of the molecule is [2H]c1c([2H])c([2H])c(N2c3ccc(-c4ccccc4)cc3B3c4ccc(N(c5ccc(C(C)(C)C)cc5)c5ccc(C(C)(C)C)cc5)cc4N(c4ccc(-c5ccc(-c6ccccc6)c6c5-c5ccccc5C6(C)C)cc4)c4cc(C(C)(C)C)cc2c43)c([2H])c1[2H]. The molecule has 0 bridgehead atoms. The number of benzene rings is 11. The van der Waals surface area contributed by atoms with Gasteiger partial charge in [-0.25, -0.2) is 0 Å². The van der Waals surface area contributed by atoms with E-state index in [1.165, 1.54) is 50.1 Å². The quantitative estimate of drug-likeness (QED) is 0.140. The van der Waals surface area contributed by atoms with Crippen LogP contribution >= 0.6 is 0 Å².